The third kappa shape index (κ3) is 7.73. The van der Waals surface area contributed by atoms with E-state index in [0.29, 0.717) is 13.0 Å². The lowest BCUT2D eigenvalue weighted by molar-refractivity contribution is -0.158. The number of carbonyl (C=O) groups is 2. The van der Waals surface area contributed by atoms with E-state index in [2.05, 4.69) is 19.1 Å². The predicted molar refractivity (Wildman–Crippen MR) is 114 cm³/mol. The van der Waals surface area contributed by atoms with E-state index in [0.717, 1.165) is 12.8 Å². The lowest BCUT2D eigenvalue weighted by atomic mass is 9.67. The number of carbonyl (C=O) groups excluding carboxylic acids is 2. The quantitative estimate of drug-likeness (QED) is 0.385. The lowest BCUT2D eigenvalue weighted by Crippen LogP contribution is -2.36. The second-order valence-electron chi connectivity index (χ2n) is 9.27. The summed E-state index contributed by atoms with van der Waals surface area (Å²) in [5.74, 6) is -0.376. The fourth-order valence-electron chi connectivity index (χ4n) is 4.25. The number of rotatable bonds is 13. The zero-order chi connectivity index (χ0) is 22.2. The number of aliphatic hydroxyl groups excluding tert-OH is 1. The molecule has 0 aromatic heterocycles. The van der Waals surface area contributed by atoms with Gasteiger partial charge in [0.15, 0.2) is 0 Å². The van der Waals surface area contributed by atoms with Gasteiger partial charge in [-0.1, -0.05) is 44.2 Å². The third-order valence-electron chi connectivity index (χ3n) is 5.65. The molecule has 0 radical (unpaired) electrons. The van der Waals surface area contributed by atoms with E-state index in [1.807, 2.05) is 39.0 Å². The Bertz CT molecular complexity index is 682. The minimum Gasteiger partial charge on any atom is -0.463 e. The molecule has 1 aliphatic heterocycles. The molecule has 2 rings (SSSR count). The summed E-state index contributed by atoms with van der Waals surface area (Å²) in [7, 11) is 0. The molecule has 6 nitrogen and oxygen atoms in total. The molecule has 30 heavy (non-hydrogen) atoms. The van der Waals surface area contributed by atoms with Crippen LogP contribution in [0.5, 0.6) is 0 Å². The zero-order valence-electron chi connectivity index (χ0n) is 18.7. The molecule has 1 aromatic carbocycles. The topological polar surface area (TPSA) is 85.4 Å². The minimum absolute atomic E-state index is 0.0162. The molecule has 1 heterocycles. The molecule has 0 saturated carbocycles. The van der Waals surface area contributed by atoms with Gasteiger partial charge in [-0.15, -0.1) is 0 Å². The largest absolute Gasteiger partial charge is 0.463 e. The molecular formula is C24H36O6. The summed E-state index contributed by atoms with van der Waals surface area (Å²) in [6.45, 7) is 8.60. The van der Waals surface area contributed by atoms with Crippen molar-refractivity contribution in [2.24, 2.45) is 10.8 Å². The summed E-state index contributed by atoms with van der Waals surface area (Å²) in [6, 6.07) is 10.2. The van der Waals surface area contributed by atoms with Crippen molar-refractivity contribution >= 4 is 11.9 Å². The summed E-state index contributed by atoms with van der Waals surface area (Å²) in [4.78, 5) is 25.2. The van der Waals surface area contributed by atoms with Crippen molar-refractivity contribution < 1.29 is 28.9 Å². The van der Waals surface area contributed by atoms with Gasteiger partial charge >= 0.3 is 11.9 Å². The number of esters is 2. The number of aliphatic hydroxyl groups is 1. The number of benzene rings is 1. The minimum atomic E-state index is -0.754. The number of hydrogen-bond acceptors (Lipinski definition) is 6. The molecule has 0 bridgehead atoms. The summed E-state index contributed by atoms with van der Waals surface area (Å²) >= 11 is 0. The standard InChI is InChI=1S/C24H36O6/c1-5-18(19-9-7-6-8-10-19)13-24(4,14-21(26)28-12-11-25)17-23(2,3)22(27)30-16-20-15-29-20/h6-10,18,20,25H,5,11-17H2,1-4H3. The van der Waals surface area contributed by atoms with Crippen molar-refractivity contribution in [2.45, 2.75) is 65.4 Å². The van der Waals surface area contributed by atoms with Gasteiger partial charge in [0.2, 0.25) is 0 Å². The Hall–Kier alpha value is -1.92. The Kier molecular flexibility index (Phi) is 8.86. The van der Waals surface area contributed by atoms with Gasteiger partial charge in [-0.25, -0.2) is 0 Å². The molecule has 3 atom stereocenters. The van der Waals surface area contributed by atoms with E-state index < -0.39 is 10.8 Å². The lowest BCUT2D eigenvalue weighted by Gasteiger charge is -2.38. The van der Waals surface area contributed by atoms with Crippen molar-refractivity contribution in [3.8, 4) is 0 Å². The van der Waals surface area contributed by atoms with Crippen LogP contribution in [0.15, 0.2) is 30.3 Å². The van der Waals surface area contributed by atoms with Crippen molar-refractivity contribution in [1.82, 2.24) is 0 Å². The highest BCUT2D eigenvalue weighted by Gasteiger charge is 2.41. The van der Waals surface area contributed by atoms with E-state index >= 15 is 0 Å². The maximum absolute atomic E-state index is 12.7. The van der Waals surface area contributed by atoms with Gasteiger partial charge in [0.1, 0.15) is 19.3 Å². The summed E-state index contributed by atoms with van der Waals surface area (Å²) in [6.07, 6.45) is 2.35. The molecule has 1 fully saturated rings. The second-order valence-corrected chi connectivity index (χ2v) is 9.27. The normalized spacial score (nSPS) is 18.9. The van der Waals surface area contributed by atoms with Gasteiger partial charge in [0.05, 0.1) is 25.0 Å². The molecule has 0 aliphatic carbocycles. The van der Waals surface area contributed by atoms with Crippen LogP contribution in [0.25, 0.3) is 0 Å². The predicted octanol–water partition coefficient (Wildman–Crippen LogP) is 3.86. The molecule has 1 aromatic rings. The maximum atomic E-state index is 12.7. The van der Waals surface area contributed by atoms with E-state index in [1.165, 1.54) is 5.56 Å². The van der Waals surface area contributed by atoms with E-state index in [9.17, 15) is 9.59 Å². The van der Waals surface area contributed by atoms with Gasteiger partial charge < -0.3 is 19.3 Å². The van der Waals surface area contributed by atoms with Crippen LogP contribution >= 0.6 is 0 Å². The average Bonchev–Trinajstić information content (AvgIpc) is 3.53. The van der Waals surface area contributed by atoms with Crippen LogP contribution in [0, 0.1) is 10.8 Å². The molecule has 168 valence electrons. The van der Waals surface area contributed by atoms with E-state index in [1.54, 1.807) is 0 Å². The van der Waals surface area contributed by atoms with Crippen molar-refractivity contribution in [2.75, 3.05) is 26.4 Å². The van der Waals surface area contributed by atoms with Gasteiger partial charge in [-0.05, 0) is 50.0 Å². The molecule has 0 spiro atoms. The van der Waals surface area contributed by atoms with Crippen molar-refractivity contribution in [1.29, 1.82) is 0 Å². The van der Waals surface area contributed by atoms with Gasteiger partial charge in [-0.2, -0.15) is 0 Å². The van der Waals surface area contributed by atoms with Gasteiger partial charge in [0, 0.05) is 0 Å². The third-order valence-corrected chi connectivity index (χ3v) is 5.65. The Labute approximate surface area is 179 Å². The number of ether oxygens (including phenoxy) is 3. The van der Waals surface area contributed by atoms with Crippen LogP contribution in [0.2, 0.25) is 0 Å². The Morgan fingerprint density at radius 3 is 2.43 bits per heavy atom. The fourth-order valence-corrected chi connectivity index (χ4v) is 4.25. The molecule has 1 saturated heterocycles. The average molecular weight is 421 g/mol. The molecule has 1 aliphatic rings. The van der Waals surface area contributed by atoms with Crippen LogP contribution in [0.3, 0.4) is 0 Å². The highest BCUT2D eigenvalue weighted by atomic mass is 16.6. The molecule has 0 amide bonds. The zero-order valence-corrected chi connectivity index (χ0v) is 18.7. The highest BCUT2D eigenvalue weighted by Crippen LogP contribution is 2.45. The van der Waals surface area contributed by atoms with Crippen LogP contribution in [-0.2, 0) is 23.8 Å². The van der Waals surface area contributed by atoms with Crippen molar-refractivity contribution in [3.63, 3.8) is 0 Å². The Morgan fingerprint density at radius 2 is 1.87 bits per heavy atom. The monoisotopic (exact) mass is 420 g/mol. The molecule has 1 N–H and O–H groups in total. The summed E-state index contributed by atoms with van der Waals surface area (Å²) < 4.78 is 15.7. The Morgan fingerprint density at radius 1 is 1.20 bits per heavy atom. The van der Waals surface area contributed by atoms with E-state index in [4.69, 9.17) is 19.3 Å². The first-order valence-corrected chi connectivity index (χ1v) is 10.8. The summed E-state index contributed by atoms with van der Waals surface area (Å²) in [5, 5.41) is 8.97. The van der Waals surface area contributed by atoms with Crippen LogP contribution in [0.4, 0.5) is 0 Å². The Balaban J connectivity index is 2.16. The van der Waals surface area contributed by atoms with Gasteiger partial charge in [-0.3, -0.25) is 9.59 Å². The first-order valence-electron chi connectivity index (χ1n) is 10.8. The van der Waals surface area contributed by atoms with Crippen LogP contribution in [-0.4, -0.2) is 49.6 Å². The van der Waals surface area contributed by atoms with Crippen LogP contribution in [0.1, 0.15) is 64.9 Å². The fraction of sp³-hybridized carbons (Fsp3) is 0.667. The number of epoxide rings is 1. The SMILES string of the molecule is CCC(CC(C)(CC(=O)OCCO)CC(C)(C)C(=O)OCC1CO1)c1ccccc1. The maximum Gasteiger partial charge on any atom is 0.311 e. The molecule has 6 heteroatoms. The highest BCUT2D eigenvalue weighted by molar-refractivity contribution is 5.76. The second kappa shape index (κ2) is 10.9. The van der Waals surface area contributed by atoms with Gasteiger partial charge in [0.25, 0.3) is 0 Å². The first-order chi connectivity index (χ1) is 14.2. The molecule has 3 unspecified atom stereocenters. The molecular weight excluding hydrogens is 384 g/mol. The van der Waals surface area contributed by atoms with E-state index in [-0.39, 0.29) is 50.2 Å². The number of hydrogen-bond donors (Lipinski definition) is 1. The smallest absolute Gasteiger partial charge is 0.311 e. The summed E-state index contributed by atoms with van der Waals surface area (Å²) in [5.41, 5.74) is -0.00132. The van der Waals surface area contributed by atoms with Crippen LogP contribution < -0.4 is 0 Å². The first kappa shape index (κ1) is 24.4. The van der Waals surface area contributed by atoms with Crippen molar-refractivity contribution in [3.05, 3.63) is 35.9 Å².